The average Bonchev–Trinajstić information content (AvgIpc) is 3.07. The predicted molar refractivity (Wildman–Crippen MR) is 75.0 cm³/mol. The maximum absolute atomic E-state index is 12.3. The number of hydrogen-bond acceptors (Lipinski definition) is 2. The van der Waals surface area contributed by atoms with Gasteiger partial charge in [-0.25, -0.2) is 0 Å². The molecule has 2 bridgehead atoms. The van der Waals surface area contributed by atoms with E-state index in [0.29, 0.717) is 12.3 Å². The summed E-state index contributed by atoms with van der Waals surface area (Å²) in [5, 5.41) is 12.3. The monoisotopic (exact) mass is 279 g/mol. The van der Waals surface area contributed by atoms with Crippen LogP contribution in [0, 0.1) is 29.6 Å². The van der Waals surface area contributed by atoms with E-state index in [1.165, 1.54) is 25.7 Å². The van der Waals surface area contributed by atoms with E-state index < -0.39 is 11.9 Å². The first-order chi connectivity index (χ1) is 9.65. The Morgan fingerprint density at radius 3 is 2.35 bits per heavy atom. The van der Waals surface area contributed by atoms with Gasteiger partial charge in [0.25, 0.3) is 0 Å². The normalized spacial score (nSPS) is 39.7. The van der Waals surface area contributed by atoms with Gasteiger partial charge in [-0.05, 0) is 49.9 Å². The zero-order valence-electron chi connectivity index (χ0n) is 12.0. The summed E-state index contributed by atoms with van der Waals surface area (Å²) in [7, 11) is 0. The Morgan fingerprint density at radius 2 is 1.75 bits per heavy atom. The van der Waals surface area contributed by atoms with E-state index >= 15 is 0 Å². The number of hydrogen-bond donors (Lipinski definition) is 2. The Kier molecular flexibility index (Phi) is 3.99. The van der Waals surface area contributed by atoms with Crippen molar-refractivity contribution in [1.82, 2.24) is 5.32 Å². The number of carbonyl (C=O) groups excluding carboxylic acids is 1. The SMILES string of the molecule is O=C(O)[C@H]1CCCC[C@H]1C(=O)NCC1CC2CCC1C2. The van der Waals surface area contributed by atoms with Crippen LogP contribution in [0.5, 0.6) is 0 Å². The molecule has 112 valence electrons. The summed E-state index contributed by atoms with van der Waals surface area (Å²) in [6.07, 6.45) is 8.62. The van der Waals surface area contributed by atoms with Crippen LogP contribution in [0.25, 0.3) is 0 Å². The number of aliphatic carboxylic acids is 1. The van der Waals surface area contributed by atoms with Gasteiger partial charge in [-0.15, -0.1) is 0 Å². The molecule has 3 saturated carbocycles. The standard InChI is InChI=1S/C16H25NO3/c18-15(13-3-1-2-4-14(13)16(19)20)17-9-12-8-10-5-6-11(12)7-10/h10-14H,1-9H2,(H,17,18)(H,19,20)/t10?,11?,12?,13-,14+/m1/s1. The van der Waals surface area contributed by atoms with E-state index in [2.05, 4.69) is 5.32 Å². The van der Waals surface area contributed by atoms with Crippen LogP contribution in [0.3, 0.4) is 0 Å². The number of amides is 1. The summed E-state index contributed by atoms with van der Waals surface area (Å²) >= 11 is 0. The summed E-state index contributed by atoms with van der Waals surface area (Å²) in [6.45, 7) is 0.767. The van der Waals surface area contributed by atoms with Gasteiger partial charge in [-0.3, -0.25) is 9.59 Å². The van der Waals surface area contributed by atoms with Gasteiger partial charge in [0.05, 0.1) is 11.8 Å². The fourth-order valence-electron chi connectivity index (χ4n) is 4.73. The predicted octanol–water partition coefficient (Wildman–Crippen LogP) is 2.43. The number of fused-ring (bicyclic) bond motifs is 2. The van der Waals surface area contributed by atoms with Gasteiger partial charge in [0, 0.05) is 6.54 Å². The molecule has 3 fully saturated rings. The molecule has 0 aromatic rings. The topological polar surface area (TPSA) is 66.4 Å². The fraction of sp³-hybridized carbons (Fsp3) is 0.875. The molecule has 4 nitrogen and oxygen atoms in total. The lowest BCUT2D eigenvalue weighted by atomic mass is 9.78. The largest absolute Gasteiger partial charge is 0.481 e. The molecule has 2 N–H and O–H groups in total. The molecule has 5 atom stereocenters. The lowest BCUT2D eigenvalue weighted by Crippen LogP contribution is -2.41. The van der Waals surface area contributed by atoms with Crippen LogP contribution in [0.15, 0.2) is 0 Å². The quantitative estimate of drug-likeness (QED) is 0.830. The summed E-state index contributed by atoms with van der Waals surface area (Å²) in [6, 6.07) is 0. The number of carboxylic acid groups (broad SMARTS) is 1. The summed E-state index contributed by atoms with van der Waals surface area (Å²) in [4.78, 5) is 23.6. The highest BCUT2D eigenvalue weighted by molar-refractivity contribution is 5.84. The molecule has 3 aliphatic carbocycles. The highest BCUT2D eigenvalue weighted by Gasteiger charge is 2.40. The van der Waals surface area contributed by atoms with E-state index in [1.807, 2.05) is 0 Å². The first-order valence-corrected chi connectivity index (χ1v) is 8.15. The maximum atomic E-state index is 12.3. The van der Waals surface area contributed by atoms with Crippen molar-refractivity contribution in [2.24, 2.45) is 29.6 Å². The van der Waals surface area contributed by atoms with Gasteiger partial charge in [0.2, 0.25) is 5.91 Å². The molecule has 4 heteroatoms. The Hall–Kier alpha value is -1.06. The van der Waals surface area contributed by atoms with Crippen molar-refractivity contribution in [2.45, 2.75) is 51.4 Å². The molecule has 1 amide bonds. The van der Waals surface area contributed by atoms with Crippen LogP contribution in [0.1, 0.15) is 51.4 Å². The molecule has 3 aliphatic rings. The molecule has 0 aromatic heterocycles. The van der Waals surface area contributed by atoms with Crippen molar-refractivity contribution in [2.75, 3.05) is 6.54 Å². The minimum Gasteiger partial charge on any atom is -0.481 e. The first-order valence-electron chi connectivity index (χ1n) is 8.15. The Morgan fingerprint density at radius 1 is 1.00 bits per heavy atom. The lowest BCUT2D eigenvalue weighted by molar-refractivity contribution is -0.149. The molecule has 0 aromatic carbocycles. The van der Waals surface area contributed by atoms with Crippen LogP contribution in [-0.2, 0) is 9.59 Å². The molecule has 0 saturated heterocycles. The second kappa shape index (κ2) is 5.74. The van der Waals surface area contributed by atoms with E-state index in [1.54, 1.807) is 0 Å². The smallest absolute Gasteiger partial charge is 0.307 e. The van der Waals surface area contributed by atoms with Crippen molar-refractivity contribution >= 4 is 11.9 Å². The maximum Gasteiger partial charge on any atom is 0.307 e. The number of rotatable bonds is 4. The summed E-state index contributed by atoms with van der Waals surface area (Å²) < 4.78 is 0. The zero-order chi connectivity index (χ0) is 14.1. The number of nitrogens with one attached hydrogen (secondary N) is 1. The first kappa shape index (κ1) is 13.9. The third kappa shape index (κ3) is 2.70. The van der Waals surface area contributed by atoms with Gasteiger partial charge in [-0.2, -0.15) is 0 Å². The van der Waals surface area contributed by atoms with Crippen molar-refractivity contribution < 1.29 is 14.7 Å². The van der Waals surface area contributed by atoms with Crippen LogP contribution < -0.4 is 5.32 Å². The van der Waals surface area contributed by atoms with Crippen LogP contribution >= 0.6 is 0 Å². The third-order valence-electron chi connectivity index (χ3n) is 5.84. The third-order valence-corrected chi connectivity index (χ3v) is 5.84. The summed E-state index contributed by atoms with van der Waals surface area (Å²) in [5.74, 6) is 0.753. The Balaban J connectivity index is 1.51. The lowest BCUT2D eigenvalue weighted by Gasteiger charge is -2.29. The molecule has 3 unspecified atom stereocenters. The average molecular weight is 279 g/mol. The molecular weight excluding hydrogens is 254 g/mol. The molecule has 0 aliphatic heterocycles. The minimum absolute atomic E-state index is 0.0140. The van der Waals surface area contributed by atoms with E-state index in [-0.39, 0.29) is 11.8 Å². The van der Waals surface area contributed by atoms with Gasteiger partial charge < -0.3 is 10.4 Å². The van der Waals surface area contributed by atoms with Crippen molar-refractivity contribution in [1.29, 1.82) is 0 Å². The molecule has 0 heterocycles. The Labute approximate surface area is 120 Å². The van der Waals surface area contributed by atoms with Crippen LogP contribution in [0.4, 0.5) is 0 Å². The van der Waals surface area contributed by atoms with Gasteiger partial charge in [-0.1, -0.05) is 19.3 Å². The molecule has 3 rings (SSSR count). The highest BCUT2D eigenvalue weighted by atomic mass is 16.4. The van der Waals surface area contributed by atoms with E-state index in [4.69, 9.17) is 0 Å². The molecule has 20 heavy (non-hydrogen) atoms. The Bertz CT molecular complexity index is 395. The van der Waals surface area contributed by atoms with Crippen LogP contribution in [-0.4, -0.2) is 23.5 Å². The number of carboxylic acids is 1. The zero-order valence-corrected chi connectivity index (χ0v) is 12.0. The van der Waals surface area contributed by atoms with Crippen molar-refractivity contribution in [3.8, 4) is 0 Å². The number of carbonyl (C=O) groups is 2. The van der Waals surface area contributed by atoms with Gasteiger partial charge in [0.1, 0.15) is 0 Å². The summed E-state index contributed by atoms with van der Waals surface area (Å²) in [5.41, 5.74) is 0. The molecule has 0 radical (unpaired) electrons. The highest BCUT2D eigenvalue weighted by Crippen LogP contribution is 2.48. The van der Waals surface area contributed by atoms with E-state index in [9.17, 15) is 14.7 Å². The van der Waals surface area contributed by atoms with Gasteiger partial charge in [0.15, 0.2) is 0 Å². The van der Waals surface area contributed by atoms with Crippen molar-refractivity contribution in [3.63, 3.8) is 0 Å². The minimum atomic E-state index is -0.801. The van der Waals surface area contributed by atoms with Crippen molar-refractivity contribution in [3.05, 3.63) is 0 Å². The molecule has 0 spiro atoms. The van der Waals surface area contributed by atoms with Gasteiger partial charge >= 0.3 is 5.97 Å². The molecular formula is C16H25NO3. The van der Waals surface area contributed by atoms with E-state index in [0.717, 1.165) is 37.6 Å². The van der Waals surface area contributed by atoms with Crippen LogP contribution in [0.2, 0.25) is 0 Å². The second-order valence-electron chi connectivity index (χ2n) is 7.02. The second-order valence-corrected chi connectivity index (χ2v) is 7.02. The fourth-order valence-corrected chi connectivity index (χ4v) is 4.73.